The Morgan fingerprint density at radius 3 is 2.84 bits per heavy atom. The van der Waals surface area contributed by atoms with Gasteiger partial charge in [-0.1, -0.05) is 0 Å². The lowest BCUT2D eigenvalue weighted by Gasteiger charge is -2.18. The summed E-state index contributed by atoms with van der Waals surface area (Å²) < 4.78 is 16.2. The molecule has 0 spiro atoms. The van der Waals surface area contributed by atoms with Gasteiger partial charge < -0.3 is 19.9 Å². The molecule has 19 heavy (non-hydrogen) atoms. The van der Waals surface area contributed by atoms with Crippen LogP contribution >= 0.6 is 0 Å². The van der Waals surface area contributed by atoms with E-state index in [0.29, 0.717) is 6.10 Å². The fourth-order valence-electron chi connectivity index (χ4n) is 2.52. The van der Waals surface area contributed by atoms with Gasteiger partial charge in [0.15, 0.2) is 0 Å². The first-order chi connectivity index (χ1) is 9.24. The van der Waals surface area contributed by atoms with E-state index < -0.39 is 0 Å². The van der Waals surface area contributed by atoms with Gasteiger partial charge in [-0.25, -0.2) is 0 Å². The summed E-state index contributed by atoms with van der Waals surface area (Å²) in [4.78, 5) is 0. The van der Waals surface area contributed by atoms with Crippen molar-refractivity contribution in [3.63, 3.8) is 0 Å². The Morgan fingerprint density at radius 1 is 1.37 bits per heavy atom. The molecule has 1 aromatic rings. The van der Waals surface area contributed by atoms with Gasteiger partial charge in [0.25, 0.3) is 0 Å². The number of hydrogen-bond donors (Lipinski definition) is 1. The van der Waals surface area contributed by atoms with E-state index in [-0.39, 0.29) is 6.04 Å². The SMILES string of the molecule is COc1ccc(OC)c(C(N)CCC2CCCO2)c1. The molecule has 0 amide bonds. The molecule has 1 aromatic carbocycles. The second kappa shape index (κ2) is 6.78. The maximum absolute atomic E-state index is 6.28. The van der Waals surface area contributed by atoms with Gasteiger partial charge in [0.1, 0.15) is 11.5 Å². The molecule has 2 rings (SSSR count). The molecule has 4 heteroatoms. The van der Waals surface area contributed by atoms with Crippen LogP contribution in [0.3, 0.4) is 0 Å². The van der Waals surface area contributed by atoms with Gasteiger partial charge >= 0.3 is 0 Å². The van der Waals surface area contributed by atoms with Gasteiger partial charge in [0, 0.05) is 18.2 Å². The van der Waals surface area contributed by atoms with Crippen molar-refractivity contribution in [2.45, 2.75) is 37.8 Å². The topological polar surface area (TPSA) is 53.7 Å². The molecule has 2 atom stereocenters. The van der Waals surface area contributed by atoms with E-state index in [9.17, 15) is 0 Å². The predicted molar refractivity (Wildman–Crippen MR) is 74.7 cm³/mol. The van der Waals surface area contributed by atoms with E-state index in [1.165, 1.54) is 6.42 Å². The third-order valence-corrected chi connectivity index (χ3v) is 3.66. The summed E-state index contributed by atoms with van der Waals surface area (Å²) in [5.74, 6) is 1.63. The highest BCUT2D eigenvalue weighted by atomic mass is 16.5. The number of rotatable bonds is 6. The lowest BCUT2D eigenvalue weighted by molar-refractivity contribution is 0.101. The van der Waals surface area contributed by atoms with E-state index in [1.807, 2.05) is 18.2 Å². The van der Waals surface area contributed by atoms with Crippen molar-refractivity contribution in [1.29, 1.82) is 0 Å². The molecule has 1 saturated heterocycles. The van der Waals surface area contributed by atoms with E-state index in [1.54, 1.807) is 14.2 Å². The summed E-state index contributed by atoms with van der Waals surface area (Å²) in [5, 5.41) is 0. The highest BCUT2D eigenvalue weighted by molar-refractivity contribution is 5.42. The number of benzene rings is 1. The van der Waals surface area contributed by atoms with E-state index >= 15 is 0 Å². The normalized spacial score (nSPS) is 20.3. The van der Waals surface area contributed by atoms with Crippen molar-refractivity contribution in [3.8, 4) is 11.5 Å². The summed E-state index contributed by atoms with van der Waals surface area (Å²) in [6.45, 7) is 0.891. The average Bonchev–Trinajstić information content (AvgIpc) is 2.97. The first-order valence-corrected chi connectivity index (χ1v) is 6.83. The number of methoxy groups -OCH3 is 2. The molecule has 1 fully saturated rings. The lowest BCUT2D eigenvalue weighted by atomic mass is 9.99. The predicted octanol–water partition coefficient (Wildman–Crippen LogP) is 2.66. The van der Waals surface area contributed by atoms with Crippen LogP contribution < -0.4 is 15.2 Å². The quantitative estimate of drug-likeness (QED) is 0.859. The summed E-state index contributed by atoms with van der Waals surface area (Å²) in [7, 11) is 3.32. The molecule has 4 nitrogen and oxygen atoms in total. The van der Waals surface area contributed by atoms with E-state index in [0.717, 1.165) is 42.9 Å². The number of hydrogen-bond acceptors (Lipinski definition) is 4. The van der Waals surface area contributed by atoms with Crippen LogP contribution in [-0.4, -0.2) is 26.9 Å². The molecule has 0 bridgehead atoms. The Labute approximate surface area is 114 Å². The standard InChI is InChI=1S/C15H23NO3/c1-17-12-6-8-15(18-2)13(10-12)14(16)7-5-11-4-3-9-19-11/h6,8,10-11,14H,3-5,7,9,16H2,1-2H3. The molecule has 1 heterocycles. The average molecular weight is 265 g/mol. The van der Waals surface area contributed by atoms with Crippen LogP contribution in [0.1, 0.15) is 37.3 Å². The second-order valence-corrected chi connectivity index (χ2v) is 4.93. The summed E-state index contributed by atoms with van der Waals surface area (Å²) >= 11 is 0. The zero-order chi connectivity index (χ0) is 13.7. The fraction of sp³-hybridized carbons (Fsp3) is 0.600. The second-order valence-electron chi connectivity index (χ2n) is 4.93. The zero-order valence-electron chi connectivity index (χ0n) is 11.7. The maximum Gasteiger partial charge on any atom is 0.123 e. The minimum Gasteiger partial charge on any atom is -0.497 e. The van der Waals surface area contributed by atoms with Gasteiger partial charge in [0.2, 0.25) is 0 Å². The molecule has 2 N–H and O–H groups in total. The first-order valence-electron chi connectivity index (χ1n) is 6.83. The van der Waals surface area contributed by atoms with Gasteiger partial charge in [0.05, 0.1) is 20.3 Å². The zero-order valence-corrected chi connectivity index (χ0v) is 11.7. The third-order valence-electron chi connectivity index (χ3n) is 3.66. The lowest BCUT2D eigenvalue weighted by Crippen LogP contribution is -2.15. The van der Waals surface area contributed by atoms with Crippen molar-refractivity contribution < 1.29 is 14.2 Å². The van der Waals surface area contributed by atoms with Gasteiger partial charge in [-0.3, -0.25) is 0 Å². The first kappa shape index (κ1) is 14.2. The van der Waals surface area contributed by atoms with E-state index in [2.05, 4.69) is 0 Å². The Hall–Kier alpha value is -1.26. The monoisotopic (exact) mass is 265 g/mol. The summed E-state index contributed by atoms with van der Waals surface area (Å²) in [5.41, 5.74) is 7.28. The van der Waals surface area contributed by atoms with Crippen LogP contribution in [0.25, 0.3) is 0 Å². The molecular formula is C15H23NO3. The molecule has 2 unspecified atom stereocenters. The molecule has 1 aliphatic rings. The van der Waals surface area contributed by atoms with Gasteiger partial charge in [-0.15, -0.1) is 0 Å². The van der Waals surface area contributed by atoms with Crippen LogP contribution in [-0.2, 0) is 4.74 Å². The molecule has 0 aliphatic carbocycles. The Kier molecular flexibility index (Phi) is 5.05. The molecule has 106 valence electrons. The van der Waals surface area contributed by atoms with Crippen LogP contribution in [0.15, 0.2) is 18.2 Å². The Morgan fingerprint density at radius 2 is 2.21 bits per heavy atom. The molecule has 0 saturated carbocycles. The van der Waals surface area contributed by atoms with Crippen LogP contribution in [0.2, 0.25) is 0 Å². The Balaban J connectivity index is 2.01. The van der Waals surface area contributed by atoms with Crippen molar-refractivity contribution in [2.75, 3.05) is 20.8 Å². The Bertz CT molecular complexity index is 402. The third kappa shape index (κ3) is 3.61. The number of ether oxygens (including phenoxy) is 3. The fourth-order valence-corrected chi connectivity index (χ4v) is 2.52. The van der Waals surface area contributed by atoms with Gasteiger partial charge in [-0.05, 0) is 43.9 Å². The van der Waals surface area contributed by atoms with Crippen molar-refractivity contribution in [3.05, 3.63) is 23.8 Å². The highest BCUT2D eigenvalue weighted by Crippen LogP contribution is 2.31. The highest BCUT2D eigenvalue weighted by Gasteiger charge is 2.19. The van der Waals surface area contributed by atoms with Crippen molar-refractivity contribution in [1.82, 2.24) is 0 Å². The molecule has 1 aliphatic heterocycles. The van der Waals surface area contributed by atoms with Gasteiger partial charge in [-0.2, -0.15) is 0 Å². The van der Waals surface area contributed by atoms with Crippen molar-refractivity contribution in [2.24, 2.45) is 5.73 Å². The maximum atomic E-state index is 6.28. The van der Waals surface area contributed by atoms with E-state index in [4.69, 9.17) is 19.9 Å². The van der Waals surface area contributed by atoms with Crippen LogP contribution in [0.4, 0.5) is 0 Å². The smallest absolute Gasteiger partial charge is 0.123 e. The molecule has 0 aromatic heterocycles. The number of nitrogens with two attached hydrogens (primary N) is 1. The molecule has 0 radical (unpaired) electrons. The van der Waals surface area contributed by atoms with Crippen molar-refractivity contribution >= 4 is 0 Å². The minimum atomic E-state index is -0.0470. The largest absolute Gasteiger partial charge is 0.497 e. The molecular weight excluding hydrogens is 242 g/mol. The van der Waals surface area contributed by atoms with Crippen LogP contribution in [0, 0.1) is 0 Å². The minimum absolute atomic E-state index is 0.0470. The summed E-state index contributed by atoms with van der Waals surface area (Å²) in [6.07, 6.45) is 4.60. The van der Waals surface area contributed by atoms with Crippen LogP contribution in [0.5, 0.6) is 11.5 Å². The summed E-state index contributed by atoms with van der Waals surface area (Å²) in [6, 6.07) is 5.70.